The van der Waals surface area contributed by atoms with Gasteiger partial charge in [-0.15, -0.1) is 10.2 Å². The molecule has 5 nitrogen and oxygen atoms in total. The molecular weight excluding hydrogens is 388 g/mol. The molecule has 0 spiro atoms. The van der Waals surface area contributed by atoms with Gasteiger partial charge in [0.05, 0.1) is 5.75 Å². The van der Waals surface area contributed by atoms with Gasteiger partial charge in [0.1, 0.15) is 0 Å². The Kier molecular flexibility index (Phi) is 6.36. The van der Waals surface area contributed by atoms with Crippen LogP contribution in [-0.2, 0) is 10.2 Å². The number of carbonyl (C=O) groups is 1. The van der Waals surface area contributed by atoms with Crippen LogP contribution < -0.4 is 10.6 Å². The number of thioether (sulfide) groups is 1. The number of hydrogen-bond donors (Lipinski definition) is 2. The summed E-state index contributed by atoms with van der Waals surface area (Å²) in [5, 5.41) is 15.3. The fourth-order valence-electron chi connectivity index (χ4n) is 2.72. The van der Waals surface area contributed by atoms with Crippen LogP contribution in [0.25, 0.3) is 0 Å². The molecule has 2 N–H and O–H groups in total. The van der Waals surface area contributed by atoms with E-state index in [1.807, 2.05) is 49.4 Å². The number of carbonyl (C=O) groups excluding carboxylic acids is 1. The molecule has 0 saturated carbocycles. The molecule has 2 aromatic carbocycles. The lowest BCUT2D eigenvalue weighted by Gasteiger charge is -2.22. The van der Waals surface area contributed by atoms with Crippen molar-refractivity contribution in [3.63, 3.8) is 0 Å². The first-order chi connectivity index (χ1) is 13.3. The summed E-state index contributed by atoms with van der Waals surface area (Å²) in [7, 11) is 0. The number of rotatable bonds is 6. The molecule has 7 heteroatoms. The Hall–Kier alpha value is -2.38. The topological polar surface area (TPSA) is 66.9 Å². The molecule has 0 aliphatic heterocycles. The second-order valence-corrected chi connectivity index (χ2v) is 9.70. The van der Waals surface area contributed by atoms with Crippen LogP contribution in [0.5, 0.6) is 0 Å². The summed E-state index contributed by atoms with van der Waals surface area (Å²) >= 11 is 2.83. The van der Waals surface area contributed by atoms with E-state index in [1.54, 1.807) is 0 Å². The van der Waals surface area contributed by atoms with E-state index in [4.69, 9.17) is 0 Å². The van der Waals surface area contributed by atoms with E-state index in [2.05, 4.69) is 47.7 Å². The number of aromatic nitrogens is 2. The van der Waals surface area contributed by atoms with Crippen molar-refractivity contribution in [1.29, 1.82) is 0 Å². The van der Waals surface area contributed by atoms with Crippen LogP contribution in [0.3, 0.4) is 0 Å². The fraction of sp³-hybridized carbons (Fsp3) is 0.286. The molecule has 0 bridgehead atoms. The van der Waals surface area contributed by atoms with Crippen LogP contribution in [0.1, 0.15) is 31.9 Å². The van der Waals surface area contributed by atoms with E-state index in [9.17, 15) is 4.79 Å². The first-order valence-electron chi connectivity index (χ1n) is 9.00. The lowest BCUT2D eigenvalue weighted by Crippen LogP contribution is -2.19. The third-order valence-electron chi connectivity index (χ3n) is 4.01. The number of benzene rings is 2. The molecule has 1 aromatic heterocycles. The zero-order chi connectivity index (χ0) is 20.1. The highest BCUT2D eigenvalue weighted by Crippen LogP contribution is 2.30. The minimum atomic E-state index is -0.0508. The molecule has 28 heavy (non-hydrogen) atoms. The van der Waals surface area contributed by atoms with Gasteiger partial charge in [0.2, 0.25) is 11.0 Å². The quantitative estimate of drug-likeness (QED) is 0.515. The fourth-order valence-corrected chi connectivity index (χ4v) is 4.30. The number of hydrogen-bond acceptors (Lipinski definition) is 6. The standard InChI is InChI=1S/C21H24N4OS2/c1-14-8-7-9-15(12-14)22-19-24-25-20(28-19)27-13-18(26)23-17-11-6-5-10-16(17)21(2,3)4/h5-12H,13H2,1-4H3,(H,22,24)(H,23,26). The zero-order valence-corrected chi connectivity index (χ0v) is 18.1. The highest BCUT2D eigenvalue weighted by Gasteiger charge is 2.18. The van der Waals surface area contributed by atoms with Crippen molar-refractivity contribution in [2.75, 3.05) is 16.4 Å². The molecular formula is C21H24N4OS2. The van der Waals surface area contributed by atoms with E-state index in [-0.39, 0.29) is 17.1 Å². The summed E-state index contributed by atoms with van der Waals surface area (Å²) in [6.07, 6.45) is 0. The Morgan fingerprint density at radius 1 is 1.11 bits per heavy atom. The van der Waals surface area contributed by atoms with Crippen molar-refractivity contribution >= 4 is 45.5 Å². The minimum absolute atomic E-state index is 0.0351. The second kappa shape index (κ2) is 8.75. The van der Waals surface area contributed by atoms with Gasteiger partial charge in [-0.3, -0.25) is 4.79 Å². The maximum absolute atomic E-state index is 12.4. The molecule has 1 heterocycles. The minimum Gasteiger partial charge on any atom is -0.330 e. The Bertz CT molecular complexity index is 963. The average molecular weight is 413 g/mol. The molecule has 0 aliphatic rings. The van der Waals surface area contributed by atoms with Gasteiger partial charge < -0.3 is 10.6 Å². The summed E-state index contributed by atoms with van der Waals surface area (Å²) < 4.78 is 0.759. The summed E-state index contributed by atoms with van der Waals surface area (Å²) in [5.41, 5.74) is 4.10. The van der Waals surface area contributed by atoms with Crippen LogP contribution in [-0.4, -0.2) is 21.9 Å². The predicted molar refractivity (Wildman–Crippen MR) is 119 cm³/mol. The first kappa shape index (κ1) is 20.4. The van der Waals surface area contributed by atoms with Gasteiger partial charge in [0.25, 0.3) is 0 Å². The Balaban J connectivity index is 1.57. The molecule has 3 rings (SSSR count). The molecule has 0 atom stereocenters. The molecule has 0 aliphatic carbocycles. The lowest BCUT2D eigenvalue weighted by molar-refractivity contribution is -0.113. The maximum Gasteiger partial charge on any atom is 0.234 e. The highest BCUT2D eigenvalue weighted by atomic mass is 32.2. The number of nitrogens with zero attached hydrogens (tertiary/aromatic N) is 2. The molecule has 146 valence electrons. The first-order valence-corrected chi connectivity index (χ1v) is 10.8. The highest BCUT2D eigenvalue weighted by molar-refractivity contribution is 8.01. The molecule has 3 aromatic rings. The third kappa shape index (κ3) is 5.56. The second-order valence-electron chi connectivity index (χ2n) is 7.50. The van der Waals surface area contributed by atoms with E-state index < -0.39 is 0 Å². The molecule has 0 fully saturated rings. The van der Waals surface area contributed by atoms with Crippen molar-refractivity contribution in [2.24, 2.45) is 0 Å². The van der Waals surface area contributed by atoms with Gasteiger partial charge in [0.15, 0.2) is 4.34 Å². The van der Waals surface area contributed by atoms with E-state index in [0.717, 1.165) is 21.3 Å². The van der Waals surface area contributed by atoms with E-state index >= 15 is 0 Å². The van der Waals surface area contributed by atoms with Crippen molar-refractivity contribution in [3.05, 3.63) is 59.7 Å². The zero-order valence-electron chi connectivity index (χ0n) is 16.4. The monoisotopic (exact) mass is 412 g/mol. The maximum atomic E-state index is 12.4. The van der Waals surface area contributed by atoms with Gasteiger partial charge in [0, 0.05) is 11.4 Å². The van der Waals surface area contributed by atoms with Gasteiger partial charge in [-0.25, -0.2) is 0 Å². The molecule has 0 radical (unpaired) electrons. The SMILES string of the molecule is Cc1cccc(Nc2nnc(SCC(=O)Nc3ccccc3C(C)(C)C)s2)c1. The van der Waals surface area contributed by atoms with Crippen molar-refractivity contribution in [2.45, 2.75) is 37.4 Å². The van der Waals surface area contributed by atoms with Crippen molar-refractivity contribution in [3.8, 4) is 0 Å². The Morgan fingerprint density at radius 3 is 2.64 bits per heavy atom. The van der Waals surface area contributed by atoms with Crippen molar-refractivity contribution in [1.82, 2.24) is 10.2 Å². The Morgan fingerprint density at radius 2 is 1.89 bits per heavy atom. The van der Waals surface area contributed by atoms with E-state index in [1.165, 1.54) is 28.7 Å². The summed E-state index contributed by atoms with van der Waals surface area (Å²) in [4.78, 5) is 12.4. The smallest absolute Gasteiger partial charge is 0.234 e. The van der Waals surface area contributed by atoms with Gasteiger partial charge in [-0.05, 0) is 41.7 Å². The number of aryl methyl sites for hydroxylation is 1. The summed E-state index contributed by atoms with van der Waals surface area (Å²) in [6.45, 7) is 8.45. The normalized spacial score (nSPS) is 11.3. The van der Waals surface area contributed by atoms with E-state index in [0.29, 0.717) is 5.13 Å². The molecule has 0 saturated heterocycles. The number of anilines is 3. The molecule has 0 unspecified atom stereocenters. The van der Waals surface area contributed by atoms with Crippen LogP contribution in [0.4, 0.5) is 16.5 Å². The molecule has 1 amide bonds. The van der Waals surface area contributed by atoms with Crippen molar-refractivity contribution < 1.29 is 4.79 Å². The summed E-state index contributed by atoms with van der Waals surface area (Å²) in [5.74, 6) is 0.238. The largest absolute Gasteiger partial charge is 0.330 e. The third-order valence-corrected chi connectivity index (χ3v) is 5.98. The number of amides is 1. The van der Waals surface area contributed by atoms with Crippen LogP contribution >= 0.6 is 23.1 Å². The van der Waals surface area contributed by atoms with Gasteiger partial charge in [-0.2, -0.15) is 0 Å². The number of nitrogens with one attached hydrogen (secondary N) is 2. The van der Waals surface area contributed by atoms with Gasteiger partial charge in [-0.1, -0.05) is 74.2 Å². The van der Waals surface area contributed by atoms with Gasteiger partial charge >= 0.3 is 0 Å². The number of para-hydroxylation sites is 1. The average Bonchev–Trinajstić information content (AvgIpc) is 3.07. The predicted octanol–water partition coefficient (Wildman–Crippen LogP) is 5.62. The summed E-state index contributed by atoms with van der Waals surface area (Å²) in [6, 6.07) is 16.0. The van der Waals surface area contributed by atoms with Crippen LogP contribution in [0.15, 0.2) is 52.9 Å². The van der Waals surface area contributed by atoms with Crippen LogP contribution in [0.2, 0.25) is 0 Å². The van der Waals surface area contributed by atoms with Crippen LogP contribution in [0, 0.1) is 6.92 Å². The Labute approximate surface area is 174 Å². The lowest BCUT2D eigenvalue weighted by atomic mass is 9.86.